The number of nitrogens with zero attached hydrogens (tertiary/aromatic N) is 3. The lowest BCUT2D eigenvalue weighted by atomic mass is 10.1. The van der Waals surface area contributed by atoms with Gasteiger partial charge < -0.3 is 10.2 Å². The third-order valence-electron chi connectivity index (χ3n) is 3.47. The highest BCUT2D eigenvalue weighted by atomic mass is 16.2. The summed E-state index contributed by atoms with van der Waals surface area (Å²) in [4.78, 5) is 23.2. The van der Waals surface area contributed by atoms with Crippen molar-refractivity contribution in [3.8, 4) is 0 Å². The SMILES string of the molecule is CC(C)N(Cc1ccccc1)C(=O)c1cnc(NC(C)(C)C)nc1. The largest absolute Gasteiger partial charge is 0.350 e. The smallest absolute Gasteiger partial charge is 0.257 e. The lowest BCUT2D eigenvalue weighted by molar-refractivity contribution is 0.0689. The number of carbonyl (C=O) groups excluding carboxylic acids is 1. The molecule has 1 heterocycles. The fraction of sp³-hybridized carbons (Fsp3) is 0.421. The maximum atomic E-state index is 12.8. The zero-order valence-electron chi connectivity index (χ0n) is 15.1. The third-order valence-corrected chi connectivity index (χ3v) is 3.47. The van der Waals surface area contributed by atoms with Crippen molar-refractivity contribution in [3.05, 3.63) is 53.9 Å². The molecule has 128 valence electrons. The van der Waals surface area contributed by atoms with Gasteiger partial charge in [0, 0.05) is 30.5 Å². The molecule has 2 rings (SSSR count). The minimum atomic E-state index is -0.122. The fourth-order valence-electron chi connectivity index (χ4n) is 2.27. The van der Waals surface area contributed by atoms with Crippen molar-refractivity contribution in [1.82, 2.24) is 14.9 Å². The Hall–Kier alpha value is -2.43. The van der Waals surface area contributed by atoms with Gasteiger partial charge in [-0.05, 0) is 40.2 Å². The van der Waals surface area contributed by atoms with Gasteiger partial charge in [0.1, 0.15) is 0 Å². The van der Waals surface area contributed by atoms with E-state index in [0.717, 1.165) is 5.56 Å². The second kappa shape index (κ2) is 7.43. The van der Waals surface area contributed by atoms with Crippen LogP contribution < -0.4 is 5.32 Å². The molecule has 24 heavy (non-hydrogen) atoms. The van der Waals surface area contributed by atoms with Crippen molar-refractivity contribution >= 4 is 11.9 Å². The van der Waals surface area contributed by atoms with E-state index in [4.69, 9.17) is 0 Å². The number of carbonyl (C=O) groups is 1. The van der Waals surface area contributed by atoms with E-state index in [2.05, 4.69) is 15.3 Å². The van der Waals surface area contributed by atoms with Gasteiger partial charge in [0.25, 0.3) is 5.91 Å². The number of rotatable bonds is 5. The molecule has 0 fully saturated rings. The van der Waals surface area contributed by atoms with Crippen LogP contribution in [0.5, 0.6) is 0 Å². The Bertz CT molecular complexity index is 660. The quantitative estimate of drug-likeness (QED) is 0.909. The molecule has 5 nitrogen and oxygen atoms in total. The minimum absolute atomic E-state index is 0.0591. The number of benzene rings is 1. The third kappa shape index (κ3) is 5.05. The first-order chi connectivity index (χ1) is 11.3. The van der Waals surface area contributed by atoms with E-state index in [9.17, 15) is 4.79 Å². The Morgan fingerprint density at radius 3 is 2.21 bits per heavy atom. The topological polar surface area (TPSA) is 58.1 Å². The van der Waals surface area contributed by atoms with Crippen molar-refractivity contribution in [3.63, 3.8) is 0 Å². The van der Waals surface area contributed by atoms with E-state index in [0.29, 0.717) is 18.1 Å². The first-order valence-corrected chi connectivity index (χ1v) is 8.21. The Morgan fingerprint density at radius 1 is 1.12 bits per heavy atom. The lowest BCUT2D eigenvalue weighted by Gasteiger charge is -2.27. The van der Waals surface area contributed by atoms with Crippen LogP contribution >= 0.6 is 0 Å². The van der Waals surface area contributed by atoms with E-state index in [1.54, 1.807) is 12.4 Å². The van der Waals surface area contributed by atoms with Crippen molar-refractivity contribution in [1.29, 1.82) is 0 Å². The molecule has 0 aliphatic heterocycles. The van der Waals surface area contributed by atoms with Gasteiger partial charge in [-0.2, -0.15) is 0 Å². The molecule has 0 saturated carbocycles. The van der Waals surface area contributed by atoms with Gasteiger partial charge >= 0.3 is 0 Å². The minimum Gasteiger partial charge on any atom is -0.350 e. The maximum Gasteiger partial charge on any atom is 0.257 e. The van der Waals surface area contributed by atoms with Crippen LogP contribution in [-0.2, 0) is 6.54 Å². The summed E-state index contributed by atoms with van der Waals surface area (Å²) in [6.45, 7) is 10.7. The van der Waals surface area contributed by atoms with Crippen LogP contribution in [0.3, 0.4) is 0 Å². The second-order valence-electron chi connectivity index (χ2n) is 7.18. The molecule has 0 aliphatic rings. The van der Waals surface area contributed by atoms with Gasteiger partial charge in [-0.15, -0.1) is 0 Å². The molecule has 1 aromatic carbocycles. The Morgan fingerprint density at radius 2 is 1.71 bits per heavy atom. The van der Waals surface area contributed by atoms with Crippen LogP contribution in [0.15, 0.2) is 42.7 Å². The van der Waals surface area contributed by atoms with Crippen LogP contribution in [0.1, 0.15) is 50.5 Å². The van der Waals surface area contributed by atoms with E-state index >= 15 is 0 Å². The van der Waals surface area contributed by atoms with Gasteiger partial charge in [0.05, 0.1) is 5.56 Å². The van der Waals surface area contributed by atoms with E-state index in [1.165, 1.54) is 0 Å². The van der Waals surface area contributed by atoms with Crippen molar-refractivity contribution in [2.45, 2.75) is 52.7 Å². The van der Waals surface area contributed by atoms with E-state index < -0.39 is 0 Å². The average molecular weight is 326 g/mol. The van der Waals surface area contributed by atoms with Crippen LogP contribution in [0.25, 0.3) is 0 Å². The van der Waals surface area contributed by atoms with Gasteiger partial charge in [0.15, 0.2) is 0 Å². The predicted molar refractivity (Wildman–Crippen MR) is 96.9 cm³/mol. The van der Waals surface area contributed by atoms with E-state index in [-0.39, 0.29) is 17.5 Å². The number of aromatic nitrogens is 2. The fourth-order valence-corrected chi connectivity index (χ4v) is 2.27. The first kappa shape index (κ1) is 17.9. The molecule has 2 aromatic rings. The summed E-state index contributed by atoms with van der Waals surface area (Å²) in [6, 6.07) is 10.1. The highest BCUT2D eigenvalue weighted by molar-refractivity contribution is 5.93. The second-order valence-corrected chi connectivity index (χ2v) is 7.18. The summed E-state index contributed by atoms with van der Waals surface area (Å²) in [5, 5.41) is 3.19. The molecule has 0 bridgehead atoms. The molecule has 0 spiro atoms. The number of hydrogen-bond donors (Lipinski definition) is 1. The molecule has 0 aliphatic carbocycles. The molecule has 5 heteroatoms. The monoisotopic (exact) mass is 326 g/mol. The lowest BCUT2D eigenvalue weighted by Crippen LogP contribution is -2.36. The average Bonchev–Trinajstić information content (AvgIpc) is 2.52. The summed E-state index contributed by atoms with van der Waals surface area (Å²) < 4.78 is 0. The van der Waals surface area contributed by atoms with E-state index in [1.807, 2.05) is 69.9 Å². The standard InChI is InChI=1S/C19H26N4O/c1-14(2)23(13-15-9-7-6-8-10-15)17(24)16-11-20-18(21-12-16)22-19(3,4)5/h6-12,14H,13H2,1-5H3,(H,20,21,22). The molecule has 0 atom stereocenters. The van der Waals surface area contributed by atoms with Gasteiger partial charge in [0.2, 0.25) is 5.95 Å². The molecule has 1 aromatic heterocycles. The molecule has 0 saturated heterocycles. The molecule has 0 unspecified atom stereocenters. The molecule has 1 N–H and O–H groups in total. The van der Waals surface area contributed by atoms with Crippen molar-refractivity contribution in [2.75, 3.05) is 5.32 Å². The van der Waals surface area contributed by atoms with Crippen LogP contribution in [-0.4, -0.2) is 32.4 Å². The summed E-state index contributed by atoms with van der Waals surface area (Å²) >= 11 is 0. The van der Waals surface area contributed by atoms with Crippen LogP contribution in [0.4, 0.5) is 5.95 Å². The normalized spacial score (nSPS) is 11.4. The number of hydrogen-bond acceptors (Lipinski definition) is 4. The summed E-state index contributed by atoms with van der Waals surface area (Å²) in [5.74, 6) is 0.467. The highest BCUT2D eigenvalue weighted by Crippen LogP contribution is 2.14. The summed E-state index contributed by atoms with van der Waals surface area (Å²) in [6.07, 6.45) is 3.17. The van der Waals surface area contributed by atoms with Gasteiger partial charge in [-0.25, -0.2) is 9.97 Å². The molecular formula is C19H26N4O. The van der Waals surface area contributed by atoms with Crippen LogP contribution in [0, 0.1) is 0 Å². The predicted octanol–water partition coefficient (Wildman–Crippen LogP) is 3.74. The summed E-state index contributed by atoms with van der Waals surface area (Å²) in [7, 11) is 0. The molecule has 1 amide bonds. The Balaban J connectivity index is 2.15. The first-order valence-electron chi connectivity index (χ1n) is 8.21. The number of nitrogens with one attached hydrogen (secondary N) is 1. The summed E-state index contributed by atoms with van der Waals surface area (Å²) in [5.41, 5.74) is 1.48. The Labute approximate surface area is 144 Å². The zero-order valence-corrected chi connectivity index (χ0v) is 15.1. The maximum absolute atomic E-state index is 12.8. The molecular weight excluding hydrogens is 300 g/mol. The Kier molecular flexibility index (Phi) is 5.54. The zero-order chi connectivity index (χ0) is 17.7. The van der Waals surface area contributed by atoms with Gasteiger partial charge in [-0.1, -0.05) is 30.3 Å². The van der Waals surface area contributed by atoms with Gasteiger partial charge in [-0.3, -0.25) is 4.79 Å². The highest BCUT2D eigenvalue weighted by Gasteiger charge is 2.20. The number of amides is 1. The van der Waals surface area contributed by atoms with Crippen molar-refractivity contribution < 1.29 is 4.79 Å². The van der Waals surface area contributed by atoms with Crippen molar-refractivity contribution in [2.24, 2.45) is 0 Å². The molecule has 0 radical (unpaired) electrons. The number of anilines is 1. The van der Waals surface area contributed by atoms with Crippen LogP contribution in [0.2, 0.25) is 0 Å².